The van der Waals surface area contributed by atoms with Gasteiger partial charge < -0.3 is 19.4 Å². The molecule has 2 aliphatic heterocycles. The largest absolute Gasteiger partial charge is 0.378 e. The third-order valence-electron chi connectivity index (χ3n) is 6.54. The minimum atomic E-state index is -0.206. The number of anilines is 1. The van der Waals surface area contributed by atoms with Crippen LogP contribution in [0.3, 0.4) is 0 Å². The molecule has 184 valence electrons. The van der Waals surface area contributed by atoms with E-state index < -0.39 is 0 Å². The summed E-state index contributed by atoms with van der Waals surface area (Å²) in [7, 11) is 0. The lowest BCUT2D eigenvalue weighted by Crippen LogP contribution is -2.40. The lowest BCUT2D eigenvalue weighted by molar-refractivity contribution is -0.119. The molecule has 2 amide bonds. The molecule has 1 saturated heterocycles. The SMILES string of the molecule is N=C(c1ccc(CN2C(=O)CN(C(=O)c3ccc(Cl)cc3)Cc3ccccc32)cc1)N1CCOCC1. The number of amidine groups is 1. The topological polar surface area (TPSA) is 76.9 Å². The number of ether oxygens (including phenoxy) is 1. The van der Waals surface area contributed by atoms with Gasteiger partial charge in [0.25, 0.3) is 5.91 Å². The maximum absolute atomic E-state index is 13.4. The van der Waals surface area contributed by atoms with E-state index in [1.807, 2.05) is 53.4 Å². The molecule has 5 rings (SSSR count). The molecule has 0 aliphatic carbocycles. The molecule has 0 aromatic heterocycles. The van der Waals surface area contributed by atoms with Gasteiger partial charge in [0.1, 0.15) is 12.4 Å². The number of hydrogen-bond donors (Lipinski definition) is 1. The Hall–Kier alpha value is -3.68. The predicted octanol–water partition coefficient (Wildman–Crippen LogP) is 4.19. The summed E-state index contributed by atoms with van der Waals surface area (Å²) < 4.78 is 5.38. The summed E-state index contributed by atoms with van der Waals surface area (Å²) in [6.45, 7) is 3.40. The van der Waals surface area contributed by atoms with Crippen molar-refractivity contribution in [2.24, 2.45) is 0 Å². The second-order valence-electron chi connectivity index (χ2n) is 8.92. The van der Waals surface area contributed by atoms with Crippen molar-refractivity contribution in [1.29, 1.82) is 5.41 Å². The van der Waals surface area contributed by atoms with E-state index in [0.29, 0.717) is 55.8 Å². The Kier molecular flexibility index (Phi) is 7.02. The monoisotopic (exact) mass is 502 g/mol. The molecule has 3 aromatic rings. The molecule has 1 fully saturated rings. The normalized spacial score (nSPS) is 15.9. The van der Waals surface area contributed by atoms with Crippen molar-refractivity contribution in [3.8, 4) is 0 Å². The first-order chi connectivity index (χ1) is 17.5. The summed E-state index contributed by atoms with van der Waals surface area (Å²) >= 11 is 5.98. The van der Waals surface area contributed by atoms with Crippen LogP contribution in [0.25, 0.3) is 0 Å². The summed E-state index contributed by atoms with van der Waals surface area (Å²) in [5.74, 6) is 0.132. The summed E-state index contributed by atoms with van der Waals surface area (Å²) in [4.78, 5) is 32.0. The quantitative estimate of drug-likeness (QED) is 0.429. The minimum absolute atomic E-state index is 0.0180. The van der Waals surface area contributed by atoms with Gasteiger partial charge in [0.15, 0.2) is 0 Å². The maximum Gasteiger partial charge on any atom is 0.254 e. The summed E-state index contributed by atoms with van der Waals surface area (Å²) in [5, 5.41) is 9.07. The number of carbonyl (C=O) groups is 2. The highest BCUT2D eigenvalue weighted by Gasteiger charge is 2.29. The molecule has 0 unspecified atom stereocenters. The van der Waals surface area contributed by atoms with Crippen LogP contribution in [-0.2, 0) is 22.6 Å². The molecule has 2 aliphatic rings. The van der Waals surface area contributed by atoms with Crippen molar-refractivity contribution < 1.29 is 14.3 Å². The van der Waals surface area contributed by atoms with E-state index in [2.05, 4.69) is 0 Å². The second-order valence-corrected chi connectivity index (χ2v) is 9.36. The van der Waals surface area contributed by atoms with Gasteiger partial charge in [-0.15, -0.1) is 0 Å². The van der Waals surface area contributed by atoms with Crippen molar-refractivity contribution in [2.45, 2.75) is 13.1 Å². The van der Waals surface area contributed by atoms with Crippen LogP contribution >= 0.6 is 11.6 Å². The fourth-order valence-electron chi connectivity index (χ4n) is 4.56. The standard InChI is InChI=1S/C28H27ClN4O3/c29-24-11-9-22(10-12-24)28(35)32-18-23-3-1-2-4-25(23)33(26(34)19-32)17-20-5-7-21(8-6-20)27(30)31-13-15-36-16-14-31/h1-12,30H,13-19H2. The van der Waals surface area contributed by atoms with E-state index in [4.69, 9.17) is 21.7 Å². The number of halogens is 1. The average molecular weight is 503 g/mol. The van der Waals surface area contributed by atoms with Crippen LogP contribution in [0.2, 0.25) is 5.02 Å². The molecule has 0 atom stereocenters. The number of para-hydroxylation sites is 1. The Morgan fingerprint density at radius 3 is 2.25 bits per heavy atom. The van der Waals surface area contributed by atoms with Crippen molar-refractivity contribution in [2.75, 3.05) is 37.7 Å². The Bertz CT molecular complexity index is 1270. The Morgan fingerprint density at radius 2 is 1.53 bits per heavy atom. The molecule has 1 N–H and O–H groups in total. The third kappa shape index (κ3) is 5.12. The first kappa shape index (κ1) is 24.0. The maximum atomic E-state index is 13.4. The van der Waals surface area contributed by atoms with Crippen molar-refractivity contribution >= 4 is 34.9 Å². The van der Waals surface area contributed by atoms with Crippen LogP contribution in [0.15, 0.2) is 72.8 Å². The smallest absolute Gasteiger partial charge is 0.254 e. The van der Waals surface area contributed by atoms with Gasteiger partial charge in [-0.25, -0.2) is 0 Å². The second kappa shape index (κ2) is 10.5. The van der Waals surface area contributed by atoms with Gasteiger partial charge in [-0.2, -0.15) is 0 Å². The number of benzene rings is 3. The van der Waals surface area contributed by atoms with Crippen LogP contribution in [0.4, 0.5) is 5.69 Å². The molecule has 8 heteroatoms. The van der Waals surface area contributed by atoms with E-state index >= 15 is 0 Å². The van der Waals surface area contributed by atoms with Crippen LogP contribution < -0.4 is 4.90 Å². The number of amides is 2. The molecular weight excluding hydrogens is 476 g/mol. The van der Waals surface area contributed by atoms with Gasteiger partial charge in [0, 0.05) is 41.5 Å². The zero-order chi connectivity index (χ0) is 25.1. The number of fused-ring (bicyclic) bond motifs is 1. The van der Waals surface area contributed by atoms with E-state index in [1.54, 1.807) is 34.1 Å². The van der Waals surface area contributed by atoms with E-state index in [0.717, 1.165) is 22.4 Å². The molecular formula is C28H27ClN4O3. The molecule has 2 heterocycles. The van der Waals surface area contributed by atoms with Crippen molar-refractivity contribution in [3.05, 3.63) is 100 Å². The number of nitrogens with one attached hydrogen (secondary N) is 1. The number of nitrogens with zero attached hydrogens (tertiary/aromatic N) is 3. The lowest BCUT2D eigenvalue weighted by Gasteiger charge is -2.29. The van der Waals surface area contributed by atoms with Gasteiger partial charge in [-0.1, -0.05) is 54.1 Å². The number of hydrogen-bond acceptors (Lipinski definition) is 4. The van der Waals surface area contributed by atoms with Gasteiger partial charge in [-0.3, -0.25) is 15.0 Å². The molecule has 36 heavy (non-hydrogen) atoms. The minimum Gasteiger partial charge on any atom is -0.378 e. The number of rotatable bonds is 4. The van der Waals surface area contributed by atoms with Gasteiger partial charge in [0.05, 0.1) is 19.8 Å². The summed E-state index contributed by atoms with van der Waals surface area (Å²) in [6.07, 6.45) is 0. The lowest BCUT2D eigenvalue weighted by atomic mass is 10.1. The van der Waals surface area contributed by atoms with Gasteiger partial charge >= 0.3 is 0 Å². The zero-order valence-electron chi connectivity index (χ0n) is 19.8. The fourth-order valence-corrected chi connectivity index (χ4v) is 4.69. The van der Waals surface area contributed by atoms with Crippen molar-refractivity contribution in [3.63, 3.8) is 0 Å². The predicted molar refractivity (Wildman–Crippen MR) is 139 cm³/mol. The Labute approximate surface area is 215 Å². The Morgan fingerprint density at radius 1 is 0.861 bits per heavy atom. The van der Waals surface area contributed by atoms with E-state index in [-0.39, 0.29) is 18.4 Å². The fraction of sp³-hybridized carbons (Fsp3) is 0.250. The highest BCUT2D eigenvalue weighted by Crippen LogP contribution is 2.28. The highest BCUT2D eigenvalue weighted by atomic mass is 35.5. The first-order valence-electron chi connectivity index (χ1n) is 11.9. The molecule has 0 radical (unpaired) electrons. The zero-order valence-corrected chi connectivity index (χ0v) is 20.6. The third-order valence-corrected chi connectivity index (χ3v) is 6.80. The van der Waals surface area contributed by atoms with Crippen LogP contribution in [0, 0.1) is 5.41 Å². The molecule has 0 bridgehead atoms. The van der Waals surface area contributed by atoms with E-state index in [9.17, 15) is 9.59 Å². The summed E-state index contributed by atoms with van der Waals surface area (Å²) in [6, 6.07) is 22.2. The summed E-state index contributed by atoms with van der Waals surface area (Å²) in [5.41, 5.74) is 4.00. The molecule has 3 aromatic carbocycles. The molecule has 0 saturated carbocycles. The average Bonchev–Trinajstić information content (AvgIpc) is 3.05. The Balaban J connectivity index is 1.35. The van der Waals surface area contributed by atoms with Crippen LogP contribution in [0.5, 0.6) is 0 Å². The van der Waals surface area contributed by atoms with Crippen LogP contribution in [-0.4, -0.2) is 60.3 Å². The van der Waals surface area contributed by atoms with Crippen molar-refractivity contribution in [1.82, 2.24) is 9.80 Å². The molecule has 0 spiro atoms. The number of morpholine rings is 1. The van der Waals surface area contributed by atoms with Crippen LogP contribution in [0.1, 0.15) is 27.0 Å². The van der Waals surface area contributed by atoms with Gasteiger partial charge in [-0.05, 0) is 41.5 Å². The number of carbonyl (C=O) groups excluding carboxylic acids is 2. The highest BCUT2D eigenvalue weighted by molar-refractivity contribution is 6.30. The van der Waals surface area contributed by atoms with Gasteiger partial charge in [0.2, 0.25) is 5.91 Å². The molecule has 7 nitrogen and oxygen atoms in total. The van der Waals surface area contributed by atoms with E-state index in [1.165, 1.54) is 0 Å². The first-order valence-corrected chi connectivity index (χ1v) is 12.3.